The largest absolute Gasteiger partial charge is 0.395 e. The molecule has 0 amide bonds. The first-order valence-electron chi connectivity index (χ1n) is 12.0. The Kier molecular flexibility index (Phi) is 23.0. The van der Waals surface area contributed by atoms with Crippen LogP contribution < -0.4 is 0 Å². The Morgan fingerprint density at radius 1 is 0.556 bits per heavy atom. The standard InChI is InChI=1S/C24H49NO2/c1-2-3-4-5-6-7-8-9-10-11-12-13-14-15-16-17-18-19-20-25(21-23-26)22-24-27/h19-20,26-27H,2-18,21-24H2,1H3. The molecule has 0 radical (unpaired) electrons. The first kappa shape index (κ1) is 26.5. The van der Waals surface area contributed by atoms with Crippen LogP contribution in [0, 0.1) is 0 Å². The third-order valence-corrected chi connectivity index (χ3v) is 5.31. The van der Waals surface area contributed by atoms with Gasteiger partial charge in [-0.1, -0.05) is 109 Å². The van der Waals surface area contributed by atoms with Gasteiger partial charge in [-0.05, 0) is 19.0 Å². The van der Waals surface area contributed by atoms with Crippen molar-refractivity contribution in [3.05, 3.63) is 12.3 Å². The van der Waals surface area contributed by atoms with Crippen LogP contribution in [-0.4, -0.2) is 41.4 Å². The number of nitrogens with zero attached hydrogens (tertiary/aromatic N) is 1. The molecule has 0 rings (SSSR count). The van der Waals surface area contributed by atoms with Gasteiger partial charge in [0.25, 0.3) is 0 Å². The maximum atomic E-state index is 8.96. The average molecular weight is 384 g/mol. The molecule has 0 atom stereocenters. The molecule has 0 bridgehead atoms. The van der Waals surface area contributed by atoms with Gasteiger partial charge >= 0.3 is 0 Å². The molecular weight excluding hydrogens is 334 g/mol. The molecule has 0 fully saturated rings. The van der Waals surface area contributed by atoms with E-state index in [0.717, 1.165) is 6.42 Å². The van der Waals surface area contributed by atoms with Crippen molar-refractivity contribution in [3.8, 4) is 0 Å². The predicted octanol–water partition coefficient (Wildman–Crippen LogP) is 6.44. The minimum absolute atomic E-state index is 0.142. The summed E-state index contributed by atoms with van der Waals surface area (Å²) < 4.78 is 0. The molecule has 0 aliphatic heterocycles. The molecule has 0 aromatic rings. The Hall–Kier alpha value is -0.540. The number of rotatable bonds is 22. The zero-order valence-corrected chi connectivity index (χ0v) is 18.3. The van der Waals surface area contributed by atoms with Crippen LogP contribution in [0.15, 0.2) is 12.3 Å². The lowest BCUT2D eigenvalue weighted by Crippen LogP contribution is -2.24. The Labute approximate surface area is 170 Å². The molecule has 0 aliphatic rings. The summed E-state index contributed by atoms with van der Waals surface area (Å²) in [5.74, 6) is 0. The zero-order valence-electron chi connectivity index (χ0n) is 18.3. The first-order chi connectivity index (χ1) is 13.3. The summed E-state index contributed by atoms with van der Waals surface area (Å²) in [5.41, 5.74) is 0. The van der Waals surface area contributed by atoms with Gasteiger partial charge in [0, 0.05) is 13.1 Å². The lowest BCUT2D eigenvalue weighted by atomic mass is 10.0. The Morgan fingerprint density at radius 3 is 1.30 bits per heavy atom. The second kappa shape index (κ2) is 23.5. The highest BCUT2D eigenvalue weighted by Crippen LogP contribution is 2.14. The van der Waals surface area contributed by atoms with Crippen LogP contribution >= 0.6 is 0 Å². The SMILES string of the molecule is CCCCCCCCCCCCCCCCCCC=CN(CCO)CCO. The highest BCUT2D eigenvalue weighted by molar-refractivity contribution is 4.82. The lowest BCUT2D eigenvalue weighted by Gasteiger charge is -2.17. The summed E-state index contributed by atoms with van der Waals surface area (Å²) in [6, 6.07) is 0. The van der Waals surface area contributed by atoms with Crippen molar-refractivity contribution >= 4 is 0 Å². The van der Waals surface area contributed by atoms with E-state index in [1.807, 2.05) is 11.1 Å². The molecule has 0 aliphatic carbocycles. The summed E-state index contributed by atoms with van der Waals surface area (Å²) in [4.78, 5) is 1.98. The Balaban J connectivity index is 3.20. The van der Waals surface area contributed by atoms with Crippen LogP contribution in [0.3, 0.4) is 0 Å². The molecule has 0 heterocycles. The summed E-state index contributed by atoms with van der Waals surface area (Å²) >= 11 is 0. The average Bonchev–Trinajstić information content (AvgIpc) is 2.67. The van der Waals surface area contributed by atoms with Crippen LogP contribution in [0.1, 0.15) is 116 Å². The summed E-state index contributed by atoms with van der Waals surface area (Å²) in [6.45, 7) is 3.78. The van der Waals surface area contributed by atoms with Gasteiger partial charge in [-0.15, -0.1) is 0 Å². The number of aliphatic hydroxyl groups is 2. The van der Waals surface area contributed by atoms with Crippen LogP contribution in [0.5, 0.6) is 0 Å². The van der Waals surface area contributed by atoms with Crippen molar-refractivity contribution in [2.24, 2.45) is 0 Å². The zero-order chi connectivity index (χ0) is 19.8. The van der Waals surface area contributed by atoms with Gasteiger partial charge < -0.3 is 15.1 Å². The number of aliphatic hydroxyl groups excluding tert-OH is 2. The molecule has 0 spiro atoms. The fraction of sp³-hybridized carbons (Fsp3) is 0.917. The molecule has 3 nitrogen and oxygen atoms in total. The van der Waals surface area contributed by atoms with Gasteiger partial charge in [-0.25, -0.2) is 0 Å². The minimum atomic E-state index is 0.142. The molecule has 0 saturated carbocycles. The predicted molar refractivity (Wildman–Crippen MR) is 119 cm³/mol. The lowest BCUT2D eigenvalue weighted by molar-refractivity contribution is 0.198. The van der Waals surface area contributed by atoms with Gasteiger partial charge in [0.2, 0.25) is 0 Å². The first-order valence-corrected chi connectivity index (χ1v) is 12.0. The Bertz CT molecular complexity index is 288. The molecule has 0 aromatic carbocycles. The minimum Gasteiger partial charge on any atom is -0.395 e. The third-order valence-electron chi connectivity index (χ3n) is 5.31. The van der Waals surface area contributed by atoms with Crippen molar-refractivity contribution in [2.45, 2.75) is 116 Å². The van der Waals surface area contributed by atoms with Crippen molar-refractivity contribution in [1.29, 1.82) is 0 Å². The number of unbranched alkanes of at least 4 members (excludes halogenated alkanes) is 16. The van der Waals surface area contributed by atoms with Crippen molar-refractivity contribution < 1.29 is 10.2 Å². The van der Waals surface area contributed by atoms with E-state index in [0.29, 0.717) is 13.1 Å². The van der Waals surface area contributed by atoms with Crippen molar-refractivity contribution in [2.75, 3.05) is 26.3 Å². The summed E-state index contributed by atoms with van der Waals surface area (Å²) in [6.07, 6.45) is 27.8. The normalized spacial score (nSPS) is 11.5. The van der Waals surface area contributed by atoms with E-state index >= 15 is 0 Å². The van der Waals surface area contributed by atoms with E-state index in [4.69, 9.17) is 10.2 Å². The quantitative estimate of drug-likeness (QED) is 0.211. The van der Waals surface area contributed by atoms with E-state index in [1.165, 1.54) is 103 Å². The monoisotopic (exact) mass is 383 g/mol. The van der Waals surface area contributed by atoms with E-state index in [1.54, 1.807) is 0 Å². The van der Waals surface area contributed by atoms with Gasteiger partial charge in [0.1, 0.15) is 0 Å². The van der Waals surface area contributed by atoms with Gasteiger partial charge in [-0.3, -0.25) is 0 Å². The van der Waals surface area contributed by atoms with Crippen LogP contribution in [-0.2, 0) is 0 Å². The second-order valence-electron chi connectivity index (χ2n) is 7.96. The molecular formula is C24H49NO2. The van der Waals surface area contributed by atoms with E-state index < -0.39 is 0 Å². The highest BCUT2D eigenvalue weighted by Gasteiger charge is 1.96. The molecule has 162 valence electrons. The van der Waals surface area contributed by atoms with E-state index in [2.05, 4.69) is 13.0 Å². The molecule has 3 heteroatoms. The van der Waals surface area contributed by atoms with Crippen LogP contribution in [0.2, 0.25) is 0 Å². The van der Waals surface area contributed by atoms with Crippen LogP contribution in [0.4, 0.5) is 0 Å². The molecule has 27 heavy (non-hydrogen) atoms. The maximum absolute atomic E-state index is 8.96. The number of hydrogen-bond acceptors (Lipinski definition) is 3. The van der Waals surface area contributed by atoms with Gasteiger partial charge in [0.15, 0.2) is 0 Å². The molecule has 0 aromatic heterocycles. The van der Waals surface area contributed by atoms with Gasteiger partial charge in [-0.2, -0.15) is 0 Å². The topological polar surface area (TPSA) is 43.7 Å². The van der Waals surface area contributed by atoms with Crippen LogP contribution in [0.25, 0.3) is 0 Å². The number of hydrogen-bond donors (Lipinski definition) is 2. The molecule has 0 saturated heterocycles. The van der Waals surface area contributed by atoms with E-state index in [9.17, 15) is 0 Å². The maximum Gasteiger partial charge on any atom is 0.0606 e. The second-order valence-corrected chi connectivity index (χ2v) is 7.96. The van der Waals surface area contributed by atoms with Crippen molar-refractivity contribution in [1.82, 2.24) is 4.90 Å². The fourth-order valence-electron chi connectivity index (χ4n) is 3.55. The van der Waals surface area contributed by atoms with Crippen molar-refractivity contribution in [3.63, 3.8) is 0 Å². The van der Waals surface area contributed by atoms with E-state index in [-0.39, 0.29) is 13.2 Å². The molecule has 0 unspecified atom stereocenters. The molecule has 2 N–H and O–H groups in total. The third kappa shape index (κ3) is 21.6. The Morgan fingerprint density at radius 2 is 0.926 bits per heavy atom. The summed E-state index contributed by atoms with van der Waals surface area (Å²) in [7, 11) is 0. The summed E-state index contributed by atoms with van der Waals surface area (Å²) in [5, 5.41) is 17.9. The highest BCUT2D eigenvalue weighted by atomic mass is 16.3. The smallest absolute Gasteiger partial charge is 0.0606 e. The number of allylic oxidation sites excluding steroid dienone is 1. The fourth-order valence-corrected chi connectivity index (χ4v) is 3.55. The van der Waals surface area contributed by atoms with Gasteiger partial charge in [0.05, 0.1) is 13.2 Å².